The molecule has 0 bridgehead atoms. The number of nitrogens with zero attached hydrogens (tertiary/aromatic N) is 2. The van der Waals surface area contributed by atoms with Crippen molar-refractivity contribution in [1.29, 1.82) is 0 Å². The van der Waals surface area contributed by atoms with Crippen LogP contribution in [-0.4, -0.2) is 50.2 Å². The second-order valence-corrected chi connectivity index (χ2v) is 9.60. The van der Waals surface area contributed by atoms with Crippen LogP contribution >= 0.6 is 22.9 Å². The van der Waals surface area contributed by atoms with Crippen molar-refractivity contribution in [1.82, 2.24) is 9.21 Å². The molecule has 1 heterocycles. The molecule has 22 heavy (non-hydrogen) atoms. The number of likely N-dealkylation sites (N-methyl/N-ethyl adjacent to an activating group) is 2. The summed E-state index contributed by atoms with van der Waals surface area (Å²) in [5.41, 5.74) is 0. The number of thiophene rings is 1. The van der Waals surface area contributed by atoms with E-state index in [1.807, 2.05) is 0 Å². The van der Waals surface area contributed by atoms with E-state index < -0.39 is 10.0 Å². The molecule has 1 aliphatic carbocycles. The van der Waals surface area contributed by atoms with Crippen molar-refractivity contribution in [2.24, 2.45) is 0 Å². The van der Waals surface area contributed by atoms with Crippen LogP contribution in [0, 0.1) is 0 Å². The molecule has 1 amide bonds. The number of carbonyl (C=O) groups excluding carboxylic acids is 1. The monoisotopic (exact) mass is 364 g/mol. The van der Waals surface area contributed by atoms with Gasteiger partial charge in [-0.3, -0.25) is 4.79 Å². The summed E-state index contributed by atoms with van der Waals surface area (Å²) < 4.78 is 26.4. The lowest BCUT2D eigenvalue weighted by molar-refractivity contribution is -0.132. The molecule has 1 saturated carbocycles. The molecule has 0 aromatic carbocycles. The highest BCUT2D eigenvalue weighted by Gasteiger charge is 2.28. The molecule has 1 aromatic rings. The molecule has 0 N–H and O–H groups in total. The normalized spacial score (nSPS) is 16.9. The molecule has 0 saturated heterocycles. The summed E-state index contributed by atoms with van der Waals surface area (Å²) in [5, 5.41) is 0. The predicted molar refractivity (Wildman–Crippen MR) is 88.8 cm³/mol. The molecule has 124 valence electrons. The Morgan fingerprint density at radius 1 is 1.27 bits per heavy atom. The first-order valence-electron chi connectivity index (χ1n) is 7.29. The standard InChI is InChI=1S/C14H21ClN2O3S2/c1-16(22(19,20)14-9-8-12(15)21-14)10-13(18)17(2)11-6-4-3-5-7-11/h8-9,11H,3-7,10H2,1-2H3. The van der Waals surface area contributed by atoms with Gasteiger partial charge in [0.2, 0.25) is 5.91 Å². The summed E-state index contributed by atoms with van der Waals surface area (Å²) in [4.78, 5) is 14.0. The van der Waals surface area contributed by atoms with E-state index in [9.17, 15) is 13.2 Å². The third kappa shape index (κ3) is 4.01. The van der Waals surface area contributed by atoms with E-state index in [4.69, 9.17) is 11.6 Å². The number of hydrogen-bond donors (Lipinski definition) is 0. The summed E-state index contributed by atoms with van der Waals surface area (Å²) in [6, 6.07) is 3.24. The number of carbonyl (C=O) groups is 1. The largest absolute Gasteiger partial charge is 0.342 e. The minimum absolute atomic E-state index is 0.148. The van der Waals surface area contributed by atoms with Crippen molar-refractivity contribution in [2.75, 3.05) is 20.6 Å². The van der Waals surface area contributed by atoms with Crippen molar-refractivity contribution < 1.29 is 13.2 Å². The Hall–Kier alpha value is -0.630. The lowest BCUT2D eigenvalue weighted by Gasteiger charge is -2.32. The predicted octanol–water partition coefficient (Wildman–Crippen LogP) is 2.81. The Balaban J connectivity index is 2.01. The maximum Gasteiger partial charge on any atom is 0.252 e. The molecule has 1 aliphatic rings. The Bertz CT molecular complexity index is 624. The van der Waals surface area contributed by atoms with Gasteiger partial charge in [-0.15, -0.1) is 11.3 Å². The first-order chi connectivity index (χ1) is 10.3. The molecule has 0 atom stereocenters. The number of sulfonamides is 1. The van der Waals surface area contributed by atoms with Gasteiger partial charge in [0.25, 0.3) is 10.0 Å². The van der Waals surface area contributed by atoms with Crippen molar-refractivity contribution in [3.8, 4) is 0 Å². The molecule has 0 spiro atoms. The molecule has 5 nitrogen and oxygen atoms in total. The van der Waals surface area contributed by atoms with E-state index in [2.05, 4.69) is 0 Å². The first-order valence-corrected chi connectivity index (χ1v) is 9.93. The zero-order valence-electron chi connectivity index (χ0n) is 12.8. The van der Waals surface area contributed by atoms with E-state index >= 15 is 0 Å². The van der Waals surface area contributed by atoms with Gasteiger partial charge in [0.1, 0.15) is 4.21 Å². The fourth-order valence-electron chi connectivity index (χ4n) is 2.65. The Labute approximate surface area is 140 Å². The van der Waals surface area contributed by atoms with Crippen LogP contribution in [0.5, 0.6) is 0 Å². The highest BCUT2D eigenvalue weighted by molar-refractivity contribution is 7.91. The quantitative estimate of drug-likeness (QED) is 0.807. The van der Waals surface area contributed by atoms with Crippen LogP contribution in [0.2, 0.25) is 4.34 Å². The van der Waals surface area contributed by atoms with Crippen molar-refractivity contribution >= 4 is 38.9 Å². The van der Waals surface area contributed by atoms with Crippen molar-refractivity contribution in [2.45, 2.75) is 42.4 Å². The fourth-order valence-corrected chi connectivity index (χ4v) is 5.46. The second-order valence-electron chi connectivity index (χ2n) is 5.62. The van der Waals surface area contributed by atoms with Crippen LogP contribution in [0.1, 0.15) is 32.1 Å². The molecule has 1 aromatic heterocycles. The van der Waals surface area contributed by atoms with Crippen LogP contribution in [0.25, 0.3) is 0 Å². The average molecular weight is 365 g/mol. The third-order valence-corrected chi connectivity index (χ3v) is 7.59. The number of halogens is 1. The van der Waals surface area contributed by atoms with Gasteiger partial charge in [-0.1, -0.05) is 30.9 Å². The topological polar surface area (TPSA) is 57.7 Å². The van der Waals surface area contributed by atoms with Gasteiger partial charge in [0.15, 0.2) is 0 Å². The van der Waals surface area contributed by atoms with Crippen LogP contribution in [0.4, 0.5) is 0 Å². The minimum atomic E-state index is -3.66. The minimum Gasteiger partial charge on any atom is -0.342 e. The van der Waals surface area contributed by atoms with Crippen LogP contribution in [0.15, 0.2) is 16.3 Å². The number of hydrogen-bond acceptors (Lipinski definition) is 4. The third-order valence-electron chi connectivity index (χ3n) is 4.09. The maximum absolute atomic E-state index is 12.4. The first kappa shape index (κ1) is 17.7. The molecule has 8 heteroatoms. The van der Waals surface area contributed by atoms with Crippen LogP contribution < -0.4 is 0 Å². The summed E-state index contributed by atoms with van der Waals surface area (Å²) in [6.07, 6.45) is 5.47. The van der Waals surface area contributed by atoms with Crippen LogP contribution in [-0.2, 0) is 14.8 Å². The van der Waals surface area contributed by atoms with E-state index in [0.29, 0.717) is 4.34 Å². The molecule has 2 rings (SSSR count). The fraction of sp³-hybridized carbons (Fsp3) is 0.643. The summed E-state index contributed by atoms with van der Waals surface area (Å²) in [6.45, 7) is -0.148. The number of amides is 1. The molecule has 0 aliphatic heterocycles. The highest BCUT2D eigenvalue weighted by atomic mass is 35.5. The van der Waals surface area contributed by atoms with E-state index in [1.54, 1.807) is 18.0 Å². The molecular formula is C14H21ClN2O3S2. The van der Waals surface area contributed by atoms with Gasteiger partial charge in [0, 0.05) is 20.1 Å². The van der Waals surface area contributed by atoms with Gasteiger partial charge in [-0.05, 0) is 25.0 Å². The summed E-state index contributed by atoms with van der Waals surface area (Å²) in [5.74, 6) is -0.166. The highest BCUT2D eigenvalue weighted by Crippen LogP contribution is 2.28. The van der Waals surface area contributed by atoms with Crippen molar-refractivity contribution in [3.63, 3.8) is 0 Å². The molecule has 1 fully saturated rings. The SMILES string of the molecule is CN(C(=O)CN(C)S(=O)(=O)c1ccc(Cl)s1)C1CCCCC1. The molecule has 0 radical (unpaired) electrons. The molecular weight excluding hydrogens is 344 g/mol. The van der Waals surface area contributed by atoms with Gasteiger partial charge in [0.05, 0.1) is 10.9 Å². The van der Waals surface area contributed by atoms with E-state index in [0.717, 1.165) is 41.3 Å². The number of rotatable bonds is 5. The Kier molecular flexibility index (Phi) is 5.87. The van der Waals surface area contributed by atoms with Gasteiger partial charge in [-0.2, -0.15) is 4.31 Å². The smallest absolute Gasteiger partial charge is 0.252 e. The zero-order valence-corrected chi connectivity index (χ0v) is 15.2. The summed E-state index contributed by atoms with van der Waals surface area (Å²) in [7, 11) is -0.467. The second kappa shape index (κ2) is 7.29. The van der Waals surface area contributed by atoms with Crippen LogP contribution in [0.3, 0.4) is 0 Å². The van der Waals surface area contributed by atoms with Gasteiger partial charge >= 0.3 is 0 Å². The maximum atomic E-state index is 12.4. The Morgan fingerprint density at radius 2 is 1.91 bits per heavy atom. The van der Waals surface area contributed by atoms with Crippen molar-refractivity contribution in [3.05, 3.63) is 16.5 Å². The summed E-state index contributed by atoms with van der Waals surface area (Å²) >= 11 is 6.79. The lowest BCUT2D eigenvalue weighted by Crippen LogP contribution is -2.44. The van der Waals surface area contributed by atoms with Gasteiger partial charge in [-0.25, -0.2) is 8.42 Å². The Morgan fingerprint density at radius 3 is 2.45 bits per heavy atom. The average Bonchev–Trinajstić information content (AvgIpc) is 2.94. The van der Waals surface area contributed by atoms with E-state index in [-0.39, 0.29) is 22.7 Å². The lowest BCUT2D eigenvalue weighted by atomic mass is 9.94. The molecule has 0 unspecified atom stereocenters. The zero-order chi connectivity index (χ0) is 16.3. The van der Waals surface area contributed by atoms with Gasteiger partial charge < -0.3 is 4.90 Å². The van der Waals surface area contributed by atoms with E-state index in [1.165, 1.54) is 19.5 Å².